The van der Waals surface area contributed by atoms with Gasteiger partial charge in [0.15, 0.2) is 0 Å². The van der Waals surface area contributed by atoms with Crippen LogP contribution in [0.5, 0.6) is 0 Å². The van der Waals surface area contributed by atoms with Gasteiger partial charge in [0.05, 0.1) is 16.3 Å². The van der Waals surface area contributed by atoms with Crippen molar-refractivity contribution in [2.24, 2.45) is 5.73 Å². The number of nitrogens with two attached hydrogens (primary N) is 1. The number of carbonyl (C=O) groups is 1. The van der Waals surface area contributed by atoms with E-state index in [1.807, 2.05) is 17.0 Å². The fourth-order valence-electron chi connectivity index (χ4n) is 3.15. The molecule has 0 radical (unpaired) electrons. The third kappa shape index (κ3) is 3.29. The molecule has 1 aromatic rings. The van der Waals surface area contributed by atoms with Crippen LogP contribution in [0.25, 0.3) is 0 Å². The molecule has 3 rings (SSSR count). The summed E-state index contributed by atoms with van der Waals surface area (Å²) >= 11 is 1.47. The molecule has 0 aromatic carbocycles. The summed E-state index contributed by atoms with van der Waals surface area (Å²) in [5.74, 6) is 5.97. The Hall–Kier alpha value is -1.35. The van der Waals surface area contributed by atoms with Crippen molar-refractivity contribution in [3.05, 3.63) is 21.9 Å². The Morgan fingerprint density at radius 1 is 1.33 bits per heavy atom. The van der Waals surface area contributed by atoms with E-state index in [9.17, 15) is 4.79 Å². The third-order valence-corrected chi connectivity index (χ3v) is 5.23. The summed E-state index contributed by atoms with van der Waals surface area (Å²) in [6, 6.07) is 4.36. The molecule has 2 aliphatic rings. The van der Waals surface area contributed by atoms with E-state index in [1.165, 1.54) is 37.3 Å². The lowest BCUT2D eigenvalue weighted by Crippen LogP contribution is -2.36. The fraction of sp³-hybridized carbons (Fsp3) is 0.562. The maximum Gasteiger partial charge on any atom is 0.264 e. The third-order valence-electron chi connectivity index (χ3n) is 4.24. The molecule has 3 heterocycles. The summed E-state index contributed by atoms with van der Waals surface area (Å²) in [7, 11) is 0. The Balaban J connectivity index is 1.61. The molecule has 5 heteroatoms. The second kappa shape index (κ2) is 6.61. The van der Waals surface area contributed by atoms with Crippen molar-refractivity contribution in [1.82, 2.24) is 9.80 Å². The van der Waals surface area contributed by atoms with Gasteiger partial charge in [-0.15, -0.1) is 11.3 Å². The Kier molecular flexibility index (Phi) is 4.59. The van der Waals surface area contributed by atoms with Gasteiger partial charge in [0.2, 0.25) is 0 Å². The second-order valence-corrected chi connectivity index (χ2v) is 6.69. The molecule has 0 bridgehead atoms. The van der Waals surface area contributed by atoms with Crippen LogP contribution in [0.2, 0.25) is 0 Å². The molecule has 2 aliphatic heterocycles. The van der Waals surface area contributed by atoms with Crippen molar-refractivity contribution in [3.8, 4) is 11.8 Å². The van der Waals surface area contributed by atoms with Gasteiger partial charge in [-0.2, -0.15) is 0 Å². The molecule has 4 nitrogen and oxygen atoms in total. The van der Waals surface area contributed by atoms with E-state index in [-0.39, 0.29) is 5.91 Å². The highest BCUT2D eigenvalue weighted by molar-refractivity contribution is 7.14. The van der Waals surface area contributed by atoms with Crippen LogP contribution in [0.4, 0.5) is 0 Å². The smallest absolute Gasteiger partial charge is 0.264 e. The Morgan fingerprint density at radius 2 is 2.14 bits per heavy atom. The Bertz CT molecular complexity index is 566. The molecule has 1 aromatic heterocycles. The van der Waals surface area contributed by atoms with Gasteiger partial charge in [0, 0.05) is 19.1 Å². The molecule has 112 valence electrons. The molecule has 1 atom stereocenters. The number of nitrogens with zero attached hydrogens (tertiary/aromatic N) is 2. The maximum absolute atomic E-state index is 12.5. The van der Waals surface area contributed by atoms with E-state index in [0.717, 1.165) is 29.3 Å². The highest BCUT2D eigenvalue weighted by atomic mass is 32.1. The zero-order valence-corrected chi connectivity index (χ0v) is 13.0. The van der Waals surface area contributed by atoms with Gasteiger partial charge in [-0.3, -0.25) is 9.69 Å². The SMILES string of the molecule is NCC#Cc1ccc(C(=O)N2CCC(N3CCCC3)C2)s1. The molecule has 0 aliphatic carbocycles. The highest BCUT2D eigenvalue weighted by Crippen LogP contribution is 2.24. The number of carbonyl (C=O) groups excluding carboxylic acids is 1. The molecule has 0 saturated carbocycles. The number of rotatable bonds is 2. The van der Waals surface area contributed by atoms with Crippen LogP contribution >= 0.6 is 11.3 Å². The van der Waals surface area contributed by atoms with E-state index in [1.54, 1.807) is 0 Å². The first-order valence-electron chi connectivity index (χ1n) is 7.60. The summed E-state index contributed by atoms with van der Waals surface area (Å²) in [5, 5.41) is 0. The maximum atomic E-state index is 12.5. The number of likely N-dealkylation sites (tertiary alicyclic amines) is 2. The predicted molar refractivity (Wildman–Crippen MR) is 85.4 cm³/mol. The average molecular weight is 303 g/mol. The lowest BCUT2D eigenvalue weighted by atomic mass is 10.2. The minimum atomic E-state index is 0.155. The van der Waals surface area contributed by atoms with Gasteiger partial charge in [0.25, 0.3) is 5.91 Å². The first kappa shape index (κ1) is 14.6. The largest absolute Gasteiger partial charge is 0.336 e. The first-order valence-corrected chi connectivity index (χ1v) is 8.41. The summed E-state index contributed by atoms with van der Waals surface area (Å²) in [6.07, 6.45) is 3.72. The van der Waals surface area contributed by atoms with Crippen molar-refractivity contribution in [1.29, 1.82) is 0 Å². The molecule has 2 fully saturated rings. The van der Waals surface area contributed by atoms with Crippen LogP contribution < -0.4 is 5.73 Å². The number of hydrogen-bond donors (Lipinski definition) is 1. The molecule has 0 spiro atoms. The molecule has 21 heavy (non-hydrogen) atoms. The standard InChI is InChI=1S/C16H21N3OS/c17-8-3-4-14-5-6-15(21-14)16(20)19-11-7-13(12-19)18-9-1-2-10-18/h5-6,13H,1-2,7-12,17H2. The molecule has 2 N–H and O–H groups in total. The quantitative estimate of drug-likeness (QED) is 0.840. The van der Waals surface area contributed by atoms with Crippen LogP contribution in [-0.2, 0) is 0 Å². The minimum Gasteiger partial charge on any atom is -0.336 e. The predicted octanol–water partition coefficient (Wildman–Crippen LogP) is 1.37. The van der Waals surface area contributed by atoms with Crippen molar-refractivity contribution in [2.45, 2.75) is 25.3 Å². The second-order valence-electron chi connectivity index (χ2n) is 5.61. The Morgan fingerprint density at radius 3 is 2.90 bits per heavy atom. The van der Waals surface area contributed by atoms with E-state index in [2.05, 4.69) is 16.7 Å². The van der Waals surface area contributed by atoms with Gasteiger partial charge in [0.1, 0.15) is 0 Å². The van der Waals surface area contributed by atoms with Gasteiger partial charge in [-0.05, 0) is 44.5 Å². The average Bonchev–Trinajstić information content (AvgIpc) is 3.24. The number of thiophene rings is 1. The molecule has 1 unspecified atom stereocenters. The lowest BCUT2D eigenvalue weighted by molar-refractivity contribution is 0.0785. The monoisotopic (exact) mass is 303 g/mol. The summed E-state index contributed by atoms with van der Waals surface area (Å²) < 4.78 is 0. The molecule has 2 saturated heterocycles. The minimum absolute atomic E-state index is 0.155. The van der Waals surface area contributed by atoms with Crippen molar-refractivity contribution >= 4 is 17.2 Å². The van der Waals surface area contributed by atoms with Gasteiger partial charge < -0.3 is 10.6 Å². The van der Waals surface area contributed by atoms with Gasteiger partial charge in [-0.1, -0.05) is 11.8 Å². The van der Waals surface area contributed by atoms with E-state index in [0.29, 0.717) is 12.6 Å². The number of amides is 1. The van der Waals surface area contributed by atoms with Crippen molar-refractivity contribution in [2.75, 3.05) is 32.7 Å². The van der Waals surface area contributed by atoms with Crippen LogP contribution in [0, 0.1) is 11.8 Å². The van der Waals surface area contributed by atoms with Crippen LogP contribution in [-0.4, -0.2) is 54.5 Å². The molecular weight excluding hydrogens is 282 g/mol. The van der Waals surface area contributed by atoms with Crippen molar-refractivity contribution in [3.63, 3.8) is 0 Å². The Labute approximate surface area is 129 Å². The summed E-state index contributed by atoms with van der Waals surface area (Å²) in [5.41, 5.74) is 5.37. The summed E-state index contributed by atoms with van der Waals surface area (Å²) in [4.78, 5) is 18.8. The number of hydrogen-bond acceptors (Lipinski definition) is 4. The van der Waals surface area contributed by atoms with Gasteiger partial charge >= 0.3 is 0 Å². The zero-order chi connectivity index (χ0) is 14.7. The normalized spacial score (nSPS) is 22.3. The van der Waals surface area contributed by atoms with Crippen molar-refractivity contribution < 1.29 is 4.79 Å². The first-order chi connectivity index (χ1) is 10.3. The molecular formula is C16H21N3OS. The molecule has 1 amide bonds. The highest BCUT2D eigenvalue weighted by Gasteiger charge is 2.32. The summed E-state index contributed by atoms with van der Waals surface area (Å²) in [6.45, 7) is 4.50. The van der Waals surface area contributed by atoms with E-state index >= 15 is 0 Å². The van der Waals surface area contributed by atoms with Crippen LogP contribution in [0.3, 0.4) is 0 Å². The topological polar surface area (TPSA) is 49.6 Å². The van der Waals surface area contributed by atoms with Crippen LogP contribution in [0.1, 0.15) is 33.8 Å². The zero-order valence-electron chi connectivity index (χ0n) is 12.2. The van der Waals surface area contributed by atoms with E-state index < -0.39 is 0 Å². The van der Waals surface area contributed by atoms with Crippen LogP contribution in [0.15, 0.2) is 12.1 Å². The fourth-order valence-corrected chi connectivity index (χ4v) is 3.99. The lowest BCUT2D eigenvalue weighted by Gasteiger charge is -2.23. The van der Waals surface area contributed by atoms with E-state index in [4.69, 9.17) is 5.73 Å². The van der Waals surface area contributed by atoms with Gasteiger partial charge in [-0.25, -0.2) is 0 Å².